The summed E-state index contributed by atoms with van der Waals surface area (Å²) in [5, 5.41) is 20.5. The van der Waals surface area contributed by atoms with Gasteiger partial charge in [-0.15, -0.1) is 0 Å². The second-order valence-electron chi connectivity index (χ2n) is 13.0. The van der Waals surface area contributed by atoms with Crippen molar-refractivity contribution in [3.8, 4) is 6.07 Å². The number of fused-ring (bicyclic) bond motifs is 1. The summed E-state index contributed by atoms with van der Waals surface area (Å²) in [6.45, 7) is 14.7. The maximum Gasteiger partial charge on any atom is 0.0627 e. The van der Waals surface area contributed by atoms with Crippen molar-refractivity contribution in [1.29, 1.82) is 5.26 Å². The zero-order valence-corrected chi connectivity index (χ0v) is 22.7. The van der Waals surface area contributed by atoms with Gasteiger partial charge in [0.1, 0.15) is 0 Å². The molecule has 0 spiro atoms. The van der Waals surface area contributed by atoms with Crippen LogP contribution in [0.2, 0.25) is 0 Å². The zero-order chi connectivity index (χ0) is 24.2. The van der Waals surface area contributed by atoms with E-state index >= 15 is 0 Å². The van der Waals surface area contributed by atoms with Crippen molar-refractivity contribution < 1.29 is 5.11 Å². The lowest BCUT2D eigenvalue weighted by Gasteiger charge is -2.54. The number of nitrogens with zero attached hydrogens (tertiary/aromatic N) is 1. The van der Waals surface area contributed by atoms with Crippen LogP contribution in [0.3, 0.4) is 0 Å². The first-order chi connectivity index (χ1) is 15.7. The Kier molecular flexibility index (Phi) is 9.16. The molecule has 0 aromatic heterocycles. The van der Waals surface area contributed by atoms with Crippen LogP contribution in [0, 0.1) is 63.6 Å². The molecule has 0 saturated heterocycles. The summed E-state index contributed by atoms with van der Waals surface area (Å²) in [5.74, 6) is 4.28. The molecule has 3 rings (SSSR count). The molecule has 10 atom stereocenters. The van der Waals surface area contributed by atoms with Gasteiger partial charge in [0.15, 0.2) is 0 Å². The highest BCUT2D eigenvalue weighted by atomic mass is 16.3. The Morgan fingerprint density at radius 2 is 1.76 bits per heavy atom. The van der Waals surface area contributed by atoms with Gasteiger partial charge in [-0.3, -0.25) is 0 Å². The van der Waals surface area contributed by atoms with E-state index in [1.165, 1.54) is 64.2 Å². The molecule has 0 aromatic rings. The van der Waals surface area contributed by atoms with Gasteiger partial charge in [-0.25, -0.2) is 0 Å². The molecule has 33 heavy (non-hydrogen) atoms. The van der Waals surface area contributed by atoms with Crippen molar-refractivity contribution in [3.05, 3.63) is 12.2 Å². The fourth-order valence-corrected chi connectivity index (χ4v) is 8.75. The Balaban J connectivity index is 1.95. The second kappa shape index (κ2) is 11.3. The lowest BCUT2D eigenvalue weighted by atomic mass is 9.51. The van der Waals surface area contributed by atoms with Gasteiger partial charge < -0.3 is 5.11 Å². The molecule has 0 aromatic carbocycles. The number of hydrogen-bond donors (Lipinski definition) is 1. The van der Waals surface area contributed by atoms with Gasteiger partial charge in [0.05, 0.1) is 12.2 Å². The summed E-state index contributed by atoms with van der Waals surface area (Å²) in [6, 6.07) is 2.60. The van der Waals surface area contributed by atoms with Crippen LogP contribution in [0.4, 0.5) is 0 Å². The fraction of sp³-hybridized carbons (Fsp3) is 0.903. The van der Waals surface area contributed by atoms with Crippen molar-refractivity contribution in [1.82, 2.24) is 0 Å². The lowest BCUT2D eigenvalue weighted by Crippen LogP contribution is -2.49. The third-order valence-electron chi connectivity index (χ3n) is 11.2. The number of allylic oxidation sites excluding steroid dienone is 2. The number of rotatable bonds is 5. The van der Waals surface area contributed by atoms with Crippen LogP contribution >= 0.6 is 0 Å². The molecule has 0 radical (unpaired) electrons. The van der Waals surface area contributed by atoms with Crippen molar-refractivity contribution in [3.63, 3.8) is 0 Å². The highest BCUT2D eigenvalue weighted by molar-refractivity contribution is 5.09. The van der Waals surface area contributed by atoms with Gasteiger partial charge in [-0.05, 0) is 97.2 Å². The molecule has 0 amide bonds. The average molecular weight is 456 g/mol. The smallest absolute Gasteiger partial charge is 0.0627 e. The number of unbranched alkanes of at least 4 members (excludes halogenated alkanes) is 1. The summed E-state index contributed by atoms with van der Waals surface area (Å²) in [7, 11) is 0. The minimum absolute atomic E-state index is 0.127. The van der Waals surface area contributed by atoms with Crippen LogP contribution in [0.1, 0.15) is 119 Å². The molecule has 0 aliphatic heterocycles. The summed E-state index contributed by atoms with van der Waals surface area (Å²) in [4.78, 5) is 0. The largest absolute Gasteiger partial charge is 0.393 e. The SMILES string of the molecule is CCCCC1C(C)C(O)CCC1(C)C1C/C=C/C2C(C)CCCC2(CC#N)CC[C@@H](C)C1C. The molecule has 3 aliphatic carbocycles. The number of nitriles is 1. The van der Waals surface area contributed by atoms with Crippen molar-refractivity contribution in [2.45, 2.75) is 125 Å². The minimum Gasteiger partial charge on any atom is -0.393 e. The Labute approximate surface area is 205 Å². The van der Waals surface area contributed by atoms with E-state index in [1.54, 1.807) is 0 Å². The van der Waals surface area contributed by atoms with E-state index in [0.717, 1.165) is 12.8 Å². The average Bonchev–Trinajstić information content (AvgIpc) is 2.79. The minimum atomic E-state index is -0.127. The standard InChI is InChI=1S/C31H53NO/c1-7-8-12-28-25(5)29(33)16-18-30(28,6)27-14-9-13-26-23(3)11-10-17-31(26,20-21-32)19-15-22(2)24(27)4/h9,13,22-29,33H,7-8,10-12,14-20H2,1-6H3/b13-9+/t22-,23?,24?,25?,26?,27?,28?,29?,30?,31?/m1/s1. The Morgan fingerprint density at radius 3 is 2.45 bits per heavy atom. The summed E-state index contributed by atoms with van der Waals surface area (Å²) in [6.07, 6.45) is 19.1. The normalized spacial score (nSPS) is 47.8. The van der Waals surface area contributed by atoms with E-state index in [1.807, 2.05) is 0 Å². The van der Waals surface area contributed by atoms with Crippen LogP contribution in [0.25, 0.3) is 0 Å². The van der Waals surface area contributed by atoms with Crippen molar-refractivity contribution in [2.24, 2.45) is 52.3 Å². The first kappa shape index (κ1) is 26.8. The predicted octanol–water partition coefficient (Wildman–Crippen LogP) is 8.55. The lowest BCUT2D eigenvalue weighted by molar-refractivity contribution is -0.0847. The van der Waals surface area contributed by atoms with Gasteiger partial charge in [-0.1, -0.05) is 79.4 Å². The molecule has 9 unspecified atom stereocenters. The third-order valence-corrected chi connectivity index (χ3v) is 11.2. The fourth-order valence-electron chi connectivity index (χ4n) is 8.75. The molecule has 0 heterocycles. The summed E-state index contributed by atoms with van der Waals surface area (Å²) in [5.41, 5.74) is 0.494. The van der Waals surface area contributed by atoms with Gasteiger partial charge in [0, 0.05) is 6.42 Å². The van der Waals surface area contributed by atoms with Gasteiger partial charge in [0.2, 0.25) is 0 Å². The topological polar surface area (TPSA) is 44.0 Å². The second-order valence-corrected chi connectivity index (χ2v) is 13.0. The molecule has 2 nitrogen and oxygen atoms in total. The molecule has 2 heteroatoms. The maximum absolute atomic E-state index is 10.8. The maximum atomic E-state index is 10.8. The predicted molar refractivity (Wildman–Crippen MR) is 140 cm³/mol. The Bertz CT molecular complexity index is 694. The van der Waals surface area contributed by atoms with Crippen LogP contribution in [-0.2, 0) is 0 Å². The van der Waals surface area contributed by atoms with E-state index in [0.29, 0.717) is 46.8 Å². The molecule has 2 saturated carbocycles. The Morgan fingerprint density at radius 1 is 1.00 bits per heavy atom. The first-order valence-electron chi connectivity index (χ1n) is 14.4. The van der Waals surface area contributed by atoms with E-state index in [9.17, 15) is 10.4 Å². The molecule has 1 N–H and O–H groups in total. The van der Waals surface area contributed by atoms with Crippen LogP contribution in [0.5, 0.6) is 0 Å². The van der Waals surface area contributed by atoms with Gasteiger partial charge >= 0.3 is 0 Å². The number of aliphatic hydroxyl groups excluding tert-OH is 1. The van der Waals surface area contributed by atoms with E-state index in [4.69, 9.17) is 0 Å². The molecular weight excluding hydrogens is 402 g/mol. The van der Waals surface area contributed by atoms with Gasteiger partial charge in [-0.2, -0.15) is 5.26 Å². The number of hydrogen-bond acceptors (Lipinski definition) is 2. The van der Waals surface area contributed by atoms with E-state index in [2.05, 4.69) is 59.8 Å². The van der Waals surface area contributed by atoms with Crippen molar-refractivity contribution in [2.75, 3.05) is 0 Å². The molecule has 2 fully saturated rings. The highest BCUT2D eigenvalue weighted by Crippen LogP contribution is 2.57. The van der Waals surface area contributed by atoms with E-state index < -0.39 is 0 Å². The highest BCUT2D eigenvalue weighted by Gasteiger charge is 2.50. The monoisotopic (exact) mass is 455 g/mol. The molecule has 3 aliphatic rings. The van der Waals surface area contributed by atoms with Crippen LogP contribution < -0.4 is 0 Å². The van der Waals surface area contributed by atoms with Crippen LogP contribution in [0.15, 0.2) is 12.2 Å². The third kappa shape index (κ3) is 5.39. The molecule has 188 valence electrons. The Hall–Kier alpha value is -0.810. The van der Waals surface area contributed by atoms with Crippen molar-refractivity contribution >= 4 is 0 Å². The zero-order valence-electron chi connectivity index (χ0n) is 22.7. The summed E-state index contributed by atoms with van der Waals surface area (Å²) >= 11 is 0. The quantitative estimate of drug-likeness (QED) is 0.422. The first-order valence-corrected chi connectivity index (χ1v) is 14.4. The van der Waals surface area contributed by atoms with Crippen LogP contribution in [-0.4, -0.2) is 11.2 Å². The summed E-state index contributed by atoms with van der Waals surface area (Å²) < 4.78 is 0. The molecule has 0 bridgehead atoms. The molecular formula is C31H53NO. The van der Waals surface area contributed by atoms with Gasteiger partial charge in [0.25, 0.3) is 0 Å². The van der Waals surface area contributed by atoms with E-state index in [-0.39, 0.29) is 11.5 Å². The number of aliphatic hydroxyl groups is 1.